The zero-order chi connectivity index (χ0) is 16.5. The molecule has 1 aliphatic rings. The molecule has 1 unspecified atom stereocenters. The number of nitrogens with zero attached hydrogens (tertiary/aromatic N) is 2. The number of aliphatic imine (C=N–C) groups is 1. The lowest BCUT2D eigenvalue weighted by Crippen LogP contribution is -2.40. The smallest absolute Gasteiger partial charge is 0.193 e. The van der Waals surface area contributed by atoms with Gasteiger partial charge in [0.05, 0.1) is 6.61 Å². The van der Waals surface area contributed by atoms with Crippen molar-refractivity contribution in [3.8, 4) is 5.75 Å². The van der Waals surface area contributed by atoms with E-state index in [-0.39, 0.29) is 24.0 Å². The fraction of sp³-hybridized carbons (Fsp3) is 0.611. The second-order valence-corrected chi connectivity index (χ2v) is 6.00. The normalized spacial score (nSPS) is 17.7. The highest BCUT2D eigenvalue weighted by atomic mass is 127. The van der Waals surface area contributed by atoms with Crippen LogP contribution >= 0.6 is 24.0 Å². The summed E-state index contributed by atoms with van der Waals surface area (Å²) in [5, 5.41) is 12.7. The second-order valence-electron chi connectivity index (χ2n) is 6.00. The molecule has 1 aromatic carbocycles. The average molecular weight is 447 g/mol. The van der Waals surface area contributed by atoms with Crippen molar-refractivity contribution in [1.82, 2.24) is 10.2 Å². The fourth-order valence-electron chi connectivity index (χ4n) is 2.93. The maximum absolute atomic E-state index is 9.29. The van der Waals surface area contributed by atoms with Crippen molar-refractivity contribution in [3.05, 3.63) is 29.8 Å². The number of benzene rings is 1. The Morgan fingerprint density at radius 3 is 2.79 bits per heavy atom. The molecule has 1 atom stereocenters. The van der Waals surface area contributed by atoms with Gasteiger partial charge in [-0.1, -0.05) is 12.1 Å². The number of aryl methyl sites for hydroxylation is 1. The van der Waals surface area contributed by atoms with Crippen molar-refractivity contribution < 1.29 is 9.84 Å². The first kappa shape index (κ1) is 21.0. The topological polar surface area (TPSA) is 57.1 Å². The molecular formula is C18H30IN3O2. The Labute approximate surface area is 162 Å². The quantitative estimate of drug-likeness (QED) is 0.292. The number of likely N-dealkylation sites (tertiary alicyclic amines) is 1. The number of phenols is 1. The van der Waals surface area contributed by atoms with Crippen molar-refractivity contribution in [2.75, 3.05) is 39.9 Å². The van der Waals surface area contributed by atoms with Crippen LogP contribution in [-0.2, 0) is 11.2 Å². The summed E-state index contributed by atoms with van der Waals surface area (Å²) in [6.07, 6.45) is 3.21. The number of hydrogen-bond donors (Lipinski definition) is 2. The van der Waals surface area contributed by atoms with Crippen LogP contribution in [-0.4, -0.2) is 55.9 Å². The fourth-order valence-corrected chi connectivity index (χ4v) is 2.93. The van der Waals surface area contributed by atoms with Gasteiger partial charge in [0.2, 0.25) is 0 Å². The van der Waals surface area contributed by atoms with Crippen LogP contribution in [0.25, 0.3) is 0 Å². The number of aromatic hydroxyl groups is 1. The van der Waals surface area contributed by atoms with E-state index in [9.17, 15) is 5.11 Å². The Hall–Kier alpha value is -1.02. The molecule has 2 N–H and O–H groups in total. The number of rotatable bonds is 7. The molecule has 1 aliphatic heterocycles. The minimum Gasteiger partial charge on any atom is -0.508 e. The number of halogens is 1. The number of nitrogens with one attached hydrogen (secondary N) is 1. The molecule has 0 aromatic heterocycles. The Morgan fingerprint density at radius 2 is 2.12 bits per heavy atom. The van der Waals surface area contributed by atoms with E-state index in [0.717, 1.165) is 51.6 Å². The molecule has 24 heavy (non-hydrogen) atoms. The van der Waals surface area contributed by atoms with E-state index < -0.39 is 0 Å². The van der Waals surface area contributed by atoms with Gasteiger partial charge in [-0.3, -0.25) is 4.99 Å². The van der Waals surface area contributed by atoms with Crippen molar-refractivity contribution in [3.63, 3.8) is 0 Å². The van der Waals surface area contributed by atoms with Crippen LogP contribution in [0.4, 0.5) is 0 Å². The molecule has 0 saturated carbocycles. The van der Waals surface area contributed by atoms with Crippen molar-refractivity contribution >= 4 is 29.9 Å². The zero-order valence-electron chi connectivity index (χ0n) is 14.7. The van der Waals surface area contributed by atoms with E-state index in [0.29, 0.717) is 11.7 Å². The second kappa shape index (κ2) is 11.5. The van der Waals surface area contributed by atoms with E-state index >= 15 is 0 Å². The van der Waals surface area contributed by atoms with E-state index in [1.807, 2.05) is 26.1 Å². The van der Waals surface area contributed by atoms with E-state index in [1.165, 1.54) is 12.0 Å². The molecule has 0 spiro atoms. The minimum atomic E-state index is 0. The van der Waals surface area contributed by atoms with Crippen LogP contribution in [0.15, 0.2) is 29.3 Å². The summed E-state index contributed by atoms with van der Waals surface area (Å²) in [4.78, 5) is 6.72. The summed E-state index contributed by atoms with van der Waals surface area (Å²) >= 11 is 0. The molecule has 136 valence electrons. The van der Waals surface area contributed by atoms with Gasteiger partial charge in [-0.25, -0.2) is 0 Å². The van der Waals surface area contributed by atoms with Crippen LogP contribution in [0.1, 0.15) is 25.3 Å². The monoisotopic (exact) mass is 447 g/mol. The van der Waals surface area contributed by atoms with Crippen molar-refractivity contribution in [2.45, 2.75) is 26.2 Å². The number of hydrogen-bond acceptors (Lipinski definition) is 3. The summed E-state index contributed by atoms with van der Waals surface area (Å²) in [5.74, 6) is 1.93. The highest BCUT2D eigenvalue weighted by molar-refractivity contribution is 14.0. The molecule has 5 nitrogen and oxygen atoms in total. The summed E-state index contributed by atoms with van der Waals surface area (Å²) in [6.45, 7) is 6.67. The average Bonchev–Trinajstić information content (AvgIpc) is 3.03. The van der Waals surface area contributed by atoms with Crippen LogP contribution in [0, 0.1) is 5.92 Å². The van der Waals surface area contributed by atoms with Crippen LogP contribution in [0.5, 0.6) is 5.75 Å². The van der Waals surface area contributed by atoms with Gasteiger partial charge < -0.3 is 20.1 Å². The maximum atomic E-state index is 9.29. The van der Waals surface area contributed by atoms with Gasteiger partial charge >= 0.3 is 0 Å². The highest BCUT2D eigenvalue weighted by Crippen LogP contribution is 2.16. The standard InChI is InChI=1S/C18H29N3O2.HI/c1-3-23-14-16-10-12-21(13-16)18(19-2)20-11-4-5-15-6-8-17(22)9-7-15;/h6-9,16,22H,3-5,10-14H2,1-2H3,(H,19,20);1H. The molecule has 0 bridgehead atoms. The molecule has 1 aromatic rings. The van der Waals surface area contributed by atoms with Gasteiger partial charge in [-0.15, -0.1) is 24.0 Å². The number of phenolic OH excluding ortho intramolecular Hbond substituents is 1. The van der Waals surface area contributed by atoms with Crippen LogP contribution in [0.2, 0.25) is 0 Å². The number of ether oxygens (including phenoxy) is 1. The Bertz CT molecular complexity index is 494. The zero-order valence-corrected chi connectivity index (χ0v) is 17.0. The lowest BCUT2D eigenvalue weighted by atomic mass is 10.1. The first-order chi connectivity index (χ1) is 11.2. The first-order valence-corrected chi connectivity index (χ1v) is 8.54. The molecule has 2 rings (SSSR count). The molecule has 1 heterocycles. The summed E-state index contributed by atoms with van der Waals surface area (Å²) in [7, 11) is 1.85. The van der Waals surface area contributed by atoms with Crippen LogP contribution < -0.4 is 5.32 Å². The summed E-state index contributed by atoms with van der Waals surface area (Å²) < 4.78 is 5.53. The molecule has 0 aliphatic carbocycles. The van der Waals surface area contributed by atoms with Gasteiger partial charge in [-0.05, 0) is 43.9 Å². The van der Waals surface area contributed by atoms with Crippen molar-refractivity contribution in [2.24, 2.45) is 10.9 Å². The third-order valence-electron chi connectivity index (χ3n) is 4.22. The van der Waals surface area contributed by atoms with Crippen molar-refractivity contribution in [1.29, 1.82) is 0 Å². The van der Waals surface area contributed by atoms with E-state index in [4.69, 9.17) is 4.74 Å². The first-order valence-electron chi connectivity index (χ1n) is 8.54. The third-order valence-corrected chi connectivity index (χ3v) is 4.22. The van der Waals surface area contributed by atoms with Gasteiger partial charge in [0, 0.05) is 39.2 Å². The molecule has 1 saturated heterocycles. The largest absolute Gasteiger partial charge is 0.508 e. The van der Waals surface area contributed by atoms with E-state index in [2.05, 4.69) is 15.2 Å². The lowest BCUT2D eigenvalue weighted by Gasteiger charge is -2.21. The molecular weight excluding hydrogens is 417 g/mol. The molecule has 1 fully saturated rings. The predicted octanol–water partition coefficient (Wildman–Crippen LogP) is 2.88. The van der Waals surface area contributed by atoms with Gasteiger partial charge in [0.25, 0.3) is 0 Å². The van der Waals surface area contributed by atoms with Crippen LogP contribution in [0.3, 0.4) is 0 Å². The lowest BCUT2D eigenvalue weighted by molar-refractivity contribution is 0.114. The third kappa shape index (κ3) is 6.84. The highest BCUT2D eigenvalue weighted by Gasteiger charge is 2.24. The van der Waals surface area contributed by atoms with Gasteiger partial charge in [0.15, 0.2) is 5.96 Å². The predicted molar refractivity (Wildman–Crippen MR) is 109 cm³/mol. The van der Waals surface area contributed by atoms with E-state index in [1.54, 1.807) is 12.1 Å². The Morgan fingerprint density at radius 1 is 1.38 bits per heavy atom. The Kier molecular flexibility index (Phi) is 10.1. The summed E-state index contributed by atoms with van der Waals surface area (Å²) in [6, 6.07) is 7.43. The summed E-state index contributed by atoms with van der Waals surface area (Å²) in [5.41, 5.74) is 1.25. The molecule has 0 amide bonds. The molecule has 6 heteroatoms. The van der Waals surface area contributed by atoms with Gasteiger partial charge in [-0.2, -0.15) is 0 Å². The minimum absolute atomic E-state index is 0. The number of guanidine groups is 1. The van der Waals surface area contributed by atoms with Gasteiger partial charge in [0.1, 0.15) is 5.75 Å². The maximum Gasteiger partial charge on any atom is 0.193 e. The molecule has 0 radical (unpaired) electrons. The Balaban J connectivity index is 0.00000288. The SMILES string of the molecule is CCOCC1CCN(C(=NC)NCCCc2ccc(O)cc2)C1.I.